The van der Waals surface area contributed by atoms with Crippen LogP contribution in [-0.4, -0.2) is 24.1 Å². The Morgan fingerprint density at radius 3 is 2.33 bits per heavy atom. The molecule has 0 aliphatic rings. The number of aryl methyl sites for hydroxylation is 3. The van der Waals surface area contributed by atoms with Gasteiger partial charge < -0.3 is 14.8 Å². The summed E-state index contributed by atoms with van der Waals surface area (Å²) in [5.41, 5.74) is 4.37. The molecular weight excluding hydrogens is 340 g/mol. The first-order valence-electron chi connectivity index (χ1n) is 9.46. The molecule has 1 N–H and O–H groups in total. The molecule has 2 aromatic rings. The van der Waals surface area contributed by atoms with Crippen LogP contribution in [0.3, 0.4) is 0 Å². The van der Waals surface area contributed by atoms with Gasteiger partial charge in [0.1, 0.15) is 11.3 Å². The van der Waals surface area contributed by atoms with Gasteiger partial charge in [-0.3, -0.25) is 0 Å². The smallest absolute Gasteiger partial charge is 0.343 e. The van der Waals surface area contributed by atoms with Crippen molar-refractivity contribution < 1.29 is 14.3 Å². The zero-order chi connectivity index (χ0) is 20.0. The molecule has 146 valence electrons. The number of hydrogen-bond acceptors (Lipinski definition) is 5. The molecule has 1 aromatic heterocycles. The van der Waals surface area contributed by atoms with Crippen LogP contribution in [0.4, 0.5) is 0 Å². The van der Waals surface area contributed by atoms with Gasteiger partial charge in [-0.05, 0) is 56.4 Å². The molecule has 5 nitrogen and oxygen atoms in total. The molecule has 0 saturated heterocycles. The van der Waals surface area contributed by atoms with Crippen molar-refractivity contribution in [1.82, 2.24) is 10.3 Å². The van der Waals surface area contributed by atoms with Crippen LogP contribution < -0.4 is 10.1 Å². The minimum absolute atomic E-state index is 0.278. The molecule has 1 aromatic carbocycles. The molecule has 1 heterocycles. The SMILES string of the molecule is CCC(CC)NCc1ccnc(Oc2c(C)cc(C)cc2C)c1C(=O)OC. The van der Waals surface area contributed by atoms with Crippen LogP contribution in [0.15, 0.2) is 24.4 Å². The minimum atomic E-state index is -0.443. The first-order valence-corrected chi connectivity index (χ1v) is 9.46. The molecule has 5 heteroatoms. The Morgan fingerprint density at radius 1 is 1.15 bits per heavy atom. The van der Waals surface area contributed by atoms with E-state index in [9.17, 15) is 4.79 Å². The van der Waals surface area contributed by atoms with Gasteiger partial charge in [0, 0.05) is 18.8 Å². The summed E-state index contributed by atoms with van der Waals surface area (Å²) in [7, 11) is 1.37. The largest absolute Gasteiger partial charge is 0.465 e. The Bertz CT molecular complexity index is 775. The van der Waals surface area contributed by atoms with E-state index in [-0.39, 0.29) is 5.88 Å². The lowest BCUT2D eigenvalue weighted by molar-refractivity contribution is 0.0595. The molecule has 0 aliphatic carbocycles. The summed E-state index contributed by atoms with van der Waals surface area (Å²) in [5, 5.41) is 3.48. The van der Waals surface area contributed by atoms with Crippen LogP contribution in [0.1, 0.15) is 59.3 Å². The van der Waals surface area contributed by atoms with Crippen molar-refractivity contribution in [3.8, 4) is 11.6 Å². The van der Waals surface area contributed by atoms with Crippen molar-refractivity contribution in [2.75, 3.05) is 7.11 Å². The third-order valence-corrected chi connectivity index (χ3v) is 4.76. The molecule has 0 amide bonds. The fourth-order valence-electron chi connectivity index (χ4n) is 3.28. The van der Waals surface area contributed by atoms with Crippen molar-refractivity contribution in [3.05, 3.63) is 52.2 Å². The van der Waals surface area contributed by atoms with Gasteiger partial charge in [0.25, 0.3) is 0 Å². The quantitative estimate of drug-likeness (QED) is 0.672. The maximum atomic E-state index is 12.5. The number of ether oxygens (including phenoxy) is 2. The molecule has 0 spiro atoms. The van der Waals surface area contributed by atoms with Gasteiger partial charge in [-0.15, -0.1) is 0 Å². The van der Waals surface area contributed by atoms with Crippen LogP contribution in [0.25, 0.3) is 0 Å². The molecule has 0 radical (unpaired) electrons. The Labute approximate surface area is 162 Å². The van der Waals surface area contributed by atoms with Gasteiger partial charge in [0.15, 0.2) is 0 Å². The Balaban J connectivity index is 2.42. The lowest BCUT2D eigenvalue weighted by atomic mass is 10.1. The van der Waals surface area contributed by atoms with E-state index in [2.05, 4.69) is 36.3 Å². The number of pyridine rings is 1. The van der Waals surface area contributed by atoms with Gasteiger partial charge in [-0.1, -0.05) is 31.5 Å². The van der Waals surface area contributed by atoms with Crippen LogP contribution in [0.5, 0.6) is 11.6 Å². The Hall–Kier alpha value is -2.40. The molecule has 27 heavy (non-hydrogen) atoms. The van der Waals surface area contributed by atoms with Gasteiger partial charge in [-0.25, -0.2) is 9.78 Å². The van der Waals surface area contributed by atoms with Crippen molar-refractivity contribution >= 4 is 5.97 Å². The van der Waals surface area contributed by atoms with Crippen molar-refractivity contribution in [2.24, 2.45) is 0 Å². The highest BCUT2D eigenvalue weighted by Crippen LogP contribution is 2.32. The topological polar surface area (TPSA) is 60.5 Å². The average Bonchev–Trinajstić information content (AvgIpc) is 2.64. The molecule has 2 rings (SSSR count). The fraction of sp³-hybridized carbons (Fsp3) is 0.455. The fourth-order valence-corrected chi connectivity index (χ4v) is 3.28. The highest BCUT2D eigenvalue weighted by Gasteiger charge is 2.21. The van der Waals surface area contributed by atoms with Crippen molar-refractivity contribution in [3.63, 3.8) is 0 Å². The normalized spacial score (nSPS) is 10.9. The number of benzene rings is 1. The Morgan fingerprint density at radius 2 is 1.78 bits per heavy atom. The third kappa shape index (κ3) is 5.07. The molecule has 0 aliphatic heterocycles. The zero-order valence-electron chi connectivity index (χ0n) is 17.2. The van der Waals surface area contributed by atoms with E-state index in [0.717, 1.165) is 35.3 Å². The summed E-state index contributed by atoms with van der Waals surface area (Å²) in [4.78, 5) is 16.8. The summed E-state index contributed by atoms with van der Waals surface area (Å²) in [5.74, 6) is 0.561. The van der Waals surface area contributed by atoms with E-state index in [0.29, 0.717) is 18.2 Å². The highest BCUT2D eigenvalue weighted by molar-refractivity contribution is 5.93. The van der Waals surface area contributed by atoms with Gasteiger partial charge in [0.2, 0.25) is 5.88 Å². The number of hydrogen-bond donors (Lipinski definition) is 1. The summed E-state index contributed by atoms with van der Waals surface area (Å²) < 4.78 is 11.1. The van der Waals surface area contributed by atoms with E-state index in [1.54, 1.807) is 6.20 Å². The van der Waals surface area contributed by atoms with Crippen LogP contribution in [-0.2, 0) is 11.3 Å². The number of nitrogens with zero attached hydrogens (tertiary/aromatic N) is 1. The van der Waals surface area contributed by atoms with Gasteiger partial charge in [0.05, 0.1) is 7.11 Å². The second-order valence-electron chi connectivity index (χ2n) is 6.87. The van der Waals surface area contributed by atoms with Crippen molar-refractivity contribution in [2.45, 2.75) is 60.0 Å². The van der Waals surface area contributed by atoms with Crippen LogP contribution in [0, 0.1) is 20.8 Å². The first-order chi connectivity index (χ1) is 12.9. The standard InChI is InChI=1S/C22H30N2O3/c1-7-18(8-2)24-13-17-9-10-23-21(19(17)22(25)26-6)27-20-15(4)11-14(3)12-16(20)5/h9-12,18,24H,7-8,13H2,1-6H3. The highest BCUT2D eigenvalue weighted by atomic mass is 16.5. The summed E-state index contributed by atoms with van der Waals surface area (Å²) in [6.07, 6.45) is 3.73. The number of esters is 1. The predicted octanol–water partition coefficient (Wildman–Crippen LogP) is 4.86. The number of methoxy groups -OCH3 is 1. The summed E-state index contributed by atoms with van der Waals surface area (Å²) in [6, 6.07) is 6.34. The Kier molecular flexibility index (Phi) is 7.36. The molecular formula is C22H30N2O3. The molecule has 0 fully saturated rings. The molecule has 0 unspecified atom stereocenters. The first kappa shape index (κ1) is 20.9. The molecule has 0 saturated carbocycles. The number of aromatic nitrogens is 1. The van der Waals surface area contributed by atoms with Crippen LogP contribution >= 0.6 is 0 Å². The zero-order valence-corrected chi connectivity index (χ0v) is 17.2. The second kappa shape index (κ2) is 9.51. The van der Waals surface area contributed by atoms with Gasteiger partial charge >= 0.3 is 5.97 Å². The molecule has 0 bridgehead atoms. The number of carbonyl (C=O) groups excluding carboxylic acids is 1. The molecule has 0 atom stereocenters. The summed E-state index contributed by atoms with van der Waals surface area (Å²) >= 11 is 0. The number of nitrogens with one attached hydrogen (secondary N) is 1. The van der Waals surface area contributed by atoms with E-state index in [1.807, 2.05) is 26.8 Å². The lowest BCUT2D eigenvalue weighted by Crippen LogP contribution is -2.28. The van der Waals surface area contributed by atoms with E-state index < -0.39 is 5.97 Å². The third-order valence-electron chi connectivity index (χ3n) is 4.76. The monoisotopic (exact) mass is 370 g/mol. The van der Waals surface area contributed by atoms with Gasteiger partial charge in [-0.2, -0.15) is 0 Å². The van der Waals surface area contributed by atoms with E-state index in [4.69, 9.17) is 9.47 Å². The predicted molar refractivity (Wildman–Crippen MR) is 108 cm³/mol. The van der Waals surface area contributed by atoms with Crippen molar-refractivity contribution in [1.29, 1.82) is 0 Å². The second-order valence-corrected chi connectivity index (χ2v) is 6.87. The lowest BCUT2D eigenvalue weighted by Gasteiger charge is -2.18. The minimum Gasteiger partial charge on any atom is -0.465 e. The maximum Gasteiger partial charge on any atom is 0.343 e. The van der Waals surface area contributed by atoms with E-state index in [1.165, 1.54) is 12.7 Å². The van der Waals surface area contributed by atoms with E-state index >= 15 is 0 Å². The number of carbonyl (C=O) groups is 1. The van der Waals surface area contributed by atoms with Crippen LogP contribution in [0.2, 0.25) is 0 Å². The maximum absolute atomic E-state index is 12.5. The summed E-state index contributed by atoms with van der Waals surface area (Å²) in [6.45, 7) is 10.9. The average molecular weight is 370 g/mol. The number of rotatable bonds is 8.